The second-order valence-electron chi connectivity index (χ2n) is 4.70. The first-order valence-electron chi connectivity index (χ1n) is 6.66. The van der Waals surface area contributed by atoms with Gasteiger partial charge in [0, 0.05) is 9.13 Å². The van der Waals surface area contributed by atoms with Gasteiger partial charge < -0.3 is 5.32 Å². The van der Waals surface area contributed by atoms with Gasteiger partial charge in [-0.3, -0.25) is 0 Å². The third kappa shape index (κ3) is 4.02. The molecule has 0 radical (unpaired) electrons. The second kappa shape index (κ2) is 7.65. The van der Waals surface area contributed by atoms with Crippen LogP contribution in [0, 0.1) is 15.2 Å². The van der Waals surface area contributed by atoms with Crippen molar-refractivity contribution in [3.05, 3.63) is 67.2 Å². The topological polar surface area (TPSA) is 12.0 Å². The Morgan fingerprint density at radius 3 is 2.43 bits per heavy atom. The largest absolute Gasteiger partial charge is 0.306 e. The highest BCUT2D eigenvalue weighted by atomic mass is 127. The maximum atomic E-state index is 14.4. The number of rotatable bonds is 5. The van der Waals surface area contributed by atoms with Gasteiger partial charge in [-0.05, 0) is 81.3 Å². The SMILES string of the molecule is CCCNC(c1ccc(I)cc1)c1c(F)ccc(Br)c1F. The summed E-state index contributed by atoms with van der Waals surface area (Å²) < 4.78 is 29.9. The fourth-order valence-corrected chi connectivity index (χ4v) is 2.84. The van der Waals surface area contributed by atoms with Crippen LogP contribution in [0.2, 0.25) is 0 Å². The molecule has 5 heteroatoms. The first-order valence-corrected chi connectivity index (χ1v) is 8.54. The van der Waals surface area contributed by atoms with Gasteiger partial charge in [-0.1, -0.05) is 19.1 Å². The van der Waals surface area contributed by atoms with E-state index in [1.165, 1.54) is 12.1 Å². The van der Waals surface area contributed by atoms with Crippen LogP contribution in [-0.4, -0.2) is 6.54 Å². The van der Waals surface area contributed by atoms with Crippen LogP contribution in [-0.2, 0) is 0 Å². The van der Waals surface area contributed by atoms with Gasteiger partial charge in [0.1, 0.15) is 11.6 Å². The number of hydrogen-bond acceptors (Lipinski definition) is 1. The molecule has 1 atom stereocenters. The van der Waals surface area contributed by atoms with Gasteiger partial charge in [0.25, 0.3) is 0 Å². The predicted octanol–water partition coefficient (Wildman–Crippen LogP) is 5.42. The van der Waals surface area contributed by atoms with Gasteiger partial charge in [-0.25, -0.2) is 8.78 Å². The van der Waals surface area contributed by atoms with Crippen LogP contribution in [0.3, 0.4) is 0 Å². The van der Waals surface area contributed by atoms with Crippen LogP contribution >= 0.6 is 38.5 Å². The van der Waals surface area contributed by atoms with Crippen molar-refractivity contribution in [2.45, 2.75) is 19.4 Å². The van der Waals surface area contributed by atoms with Gasteiger partial charge in [0.15, 0.2) is 0 Å². The molecule has 21 heavy (non-hydrogen) atoms. The quantitative estimate of drug-likeness (QED) is 0.459. The molecule has 0 fully saturated rings. The van der Waals surface area contributed by atoms with E-state index in [2.05, 4.69) is 43.8 Å². The molecular weight excluding hydrogens is 451 g/mol. The molecule has 0 bridgehead atoms. The maximum absolute atomic E-state index is 14.4. The molecule has 0 aliphatic carbocycles. The van der Waals surface area contributed by atoms with Gasteiger partial charge in [0.2, 0.25) is 0 Å². The number of nitrogens with one attached hydrogen (secondary N) is 1. The summed E-state index contributed by atoms with van der Waals surface area (Å²) in [5, 5.41) is 3.23. The molecule has 0 aromatic heterocycles. The highest BCUT2D eigenvalue weighted by Gasteiger charge is 2.23. The Hall–Kier alpha value is -0.530. The Balaban J connectivity index is 2.50. The zero-order chi connectivity index (χ0) is 15.4. The van der Waals surface area contributed by atoms with E-state index in [0.29, 0.717) is 6.54 Å². The summed E-state index contributed by atoms with van der Waals surface area (Å²) in [7, 11) is 0. The summed E-state index contributed by atoms with van der Waals surface area (Å²) >= 11 is 5.34. The predicted molar refractivity (Wildman–Crippen MR) is 93.4 cm³/mol. The molecule has 1 N–H and O–H groups in total. The van der Waals surface area contributed by atoms with Gasteiger partial charge in [0.05, 0.1) is 10.5 Å². The van der Waals surface area contributed by atoms with Crippen LogP contribution in [0.4, 0.5) is 8.78 Å². The molecule has 0 saturated carbocycles. The summed E-state index contributed by atoms with van der Waals surface area (Å²) in [4.78, 5) is 0. The number of halogens is 4. The van der Waals surface area contributed by atoms with Crippen molar-refractivity contribution >= 4 is 38.5 Å². The minimum atomic E-state index is -0.554. The van der Waals surface area contributed by atoms with Crippen LogP contribution in [0.5, 0.6) is 0 Å². The van der Waals surface area contributed by atoms with E-state index in [0.717, 1.165) is 15.6 Å². The highest BCUT2D eigenvalue weighted by Crippen LogP contribution is 2.31. The molecule has 0 amide bonds. The minimum Gasteiger partial charge on any atom is -0.306 e. The first kappa shape index (κ1) is 16.8. The standard InChI is InChI=1S/C16H15BrF2IN/c1-2-9-21-16(10-3-5-11(20)6-4-10)14-13(18)8-7-12(17)15(14)19/h3-8,16,21H,2,9H2,1H3. The van der Waals surface area contributed by atoms with Crippen LogP contribution < -0.4 is 5.32 Å². The third-order valence-electron chi connectivity index (χ3n) is 3.17. The molecule has 2 aromatic carbocycles. The Labute approximate surface area is 145 Å². The molecule has 2 aromatic rings. The van der Waals surface area contributed by atoms with Crippen molar-refractivity contribution in [1.82, 2.24) is 5.32 Å². The molecule has 1 unspecified atom stereocenters. The lowest BCUT2D eigenvalue weighted by Gasteiger charge is -2.21. The fourth-order valence-electron chi connectivity index (χ4n) is 2.14. The Morgan fingerprint density at radius 2 is 1.81 bits per heavy atom. The van der Waals surface area contributed by atoms with Gasteiger partial charge >= 0.3 is 0 Å². The average Bonchev–Trinajstić information content (AvgIpc) is 2.48. The smallest absolute Gasteiger partial charge is 0.145 e. The van der Waals surface area contributed by atoms with Crippen LogP contribution in [0.15, 0.2) is 40.9 Å². The van der Waals surface area contributed by atoms with E-state index in [4.69, 9.17) is 0 Å². The molecule has 0 aliphatic rings. The van der Waals surface area contributed by atoms with Crippen molar-refractivity contribution in [2.24, 2.45) is 0 Å². The van der Waals surface area contributed by atoms with Gasteiger partial charge in [-0.15, -0.1) is 0 Å². The summed E-state index contributed by atoms with van der Waals surface area (Å²) in [5.41, 5.74) is 0.902. The molecule has 1 nitrogen and oxygen atoms in total. The monoisotopic (exact) mass is 465 g/mol. The highest BCUT2D eigenvalue weighted by molar-refractivity contribution is 14.1. The molecule has 0 saturated heterocycles. The second-order valence-corrected chi connectivity index (χ2v) is 6.80. The number of benzene rings is 2. The van der Waals surface area contributed by atoms with E-state index in [1.807, 2.05) is 31.2 Å². The lowest BCUT2D eigenvalue weighted by molar-refractivity contribution is 0.500. The summed E-state index contributed by atoms with van der Waals surface area (Å²) in [6.45, 7) is 2.70. The lowest BCUT2D eigenvalue weighted by atomic mass is 9.97. The van der Waals surface area contributed by atoms with Crippen molar-refractivity contribution in [3.63, 3.8) is 0 Å². The minimum absolute atomic E-state index is 0.0547. The zero-order valence-electron chi connectivity index (χ0n) is 11.5. The van der Waals surface area contributed by atoms with Crippen molar-refractivity contribution < 1.29 is 8.78 Å². The van der Waals surface area contributed by atoms with E-state index < -0.39 is 17.7 Å². The van der Waals surface area contributed by atoms with E-state index in [9.17, 15) is 8.78 Å². The summed E-state index contributed by atoms with van der Waals surface area (Å²) in [6.07, 6.45) is 0.887. The van der Waals surface area contributed by atoms with Crippen molar-refractivity contribution in [3.8, 4) is 0 Å². The number of hydrogen-bond donors (Lipinski definition) is 1. The first-order chi connectivity index (χ1) is 10.0. The van der Waals surface area contributed by atoms with E-state index in [1.54, 1.807) is 0 Å². The van der Waals surface area contributed by atoms with E-state index >= 15 is 0 Å². The Morgan fingerprint density at radius 1 is 1.14 bits per heavy atom. The normalized spacial score (nSPS) is 12.4. The van der Waals surface area contributed by atoms with Crippen LogP contribution in [0.1, 0.15) is 30.5 Å². The summed E-state index contributed by atoms with van der Waals surface area (Å²) in [5.74, 6) is -1.09. The van der Waals surface area contributed by atoms with Gasteiger partial charge in [-0.2, -0.15) is 0 Å². The molecule has 112 valence electrons. The van der Waals surface area contributed by atoms with Crippen molar-refractivity contribution in [2.75, 3.05) is 6.54 Å². The summed E-state index contributed by atoms with van der Waals surface area (Å²) in [6, 6.07) is 9.84. The Kier molecular flexibility index (Phi) is 6.13. The van der Waals surface area contributed by atoms with Crippen LogP contribution in [0.25, 0.3) is 0 Å². The molecule has 0 heterocycles. The maximum Gasteiger partial charge on any atom is 0.145 e. The third-order valence-corrected chi connectivity index (χ3v) is 4.50. The molecular formula is C16H15BrF2IN. The Bertz CT molecular complexity index is 616. The van der Waals surface area contributed by atoms with Crippen molar-refractivity contribution in [1.29, 1.82) is 0 Å². The zero-order valence-corrected chi connectivity index (χ0v) is 15.2. The lowest BCUT2D eigenvalue weighted by Crippen LogP contribution is -2.25. The molecule has 0 aliphatic heterocycles. The average molecular weight is 466 g/mol. The molecule has 0 spiro atoms. The fraction of sp³-hybridized carbons (Fsp3) is 0.250. The van der Waals surface area contributed by atoms with E-state index in [-0.39, 0.29) is 10.0 Å². The molecule has 2 rings (SSSR count).